The van der Waals surface area contributed by atoms with E-state index in [1.54, 1.807) is 18.2 Å². The maximum Gasteiger partial charge on any atom is 0.339 e. The van der Waals surface area contributed by atoms with Crippen molar-refractivity contribution < 1.29 is 13.9 Å². The lowest BCUT2D eigenvalue weighted by molar-refractivity contribution is 0.0473. The molecule has 0 bridgehead atoms. The van der Waals surface area contributed by atoms with E-state index in [-0.39, 0.29) is 12.4 Å². The molecule has 0 saturated carbocycles. The summed E-state index contributed by atoms with van der Waals surface area (Å²) < 4.78 is 19.6. The van der Waals surface area contributed by atoms with Crippen molar-refractivity contribution in [3.63, 3.8) is 0 Å². The Morgan fingerprint density at radius 2 is 1.34 bits per heavy atom. The van der Waals surface area contributed by atoms with Crippen molar-refractivity contribution in [1.29, 1.82) is 0 Å². The first-order valence-electron chi connectivity index (χ1n) is 9.38. The average Bonchev–Trinajstić information content (AvgIpc) is 2.79. The first-order chi connectivity index (χ1) is 14.2. The molecular weight excluding hydrogens is 363 g/mol. The van der Waals surface area contributed by atoms with E-state index in [0.717, 1.165) is 22.3 Å². The number of ether oxygens (including phenoxy) is 1. The summed E-state index contributed by atoms with van der Waals surface area (Å²) in [6, 6.07) is 31.0. The molecule has 0 amide bonds. The second-order valence-electron chi connectivity index (χ2n) is 6.66. The molecule has 0 aliphatic heterocycles. The van der Waals surface area contributed by atoms with Crippen molar-refractivity contribution in [3.8, 4) is 22.3 Å². The molecule has 0 saturated heterocycles. The fourth-order valence-electron chi connectivity index (χ4n) is 3.30. The zero-order valence-corrected chi connectivity index (χ0v) is 15.7. The van der Waals surface area contributed by atoms with Crippen LogP contribution in [0.2, 0.25) is 0 Å². The largest absolute Gasteiger partial charge is 0.457 e. The number of carbonyl (C=O) groups excluding carboxylic acids is 1. The van der Waals surface area contributed by atoms with Crippen LogP contribution in [-0.2, 0) is 11.3 Å². The molecule has 0 aliphatic carbocycles. The SMILES string of the molecule is O=C(OCc1ccccc1)c1ccccc1-c1ccc(F)cc1-c1ccccc1. The minimum atomic E-state index is -0.409. The van der Waals surface area contributed by atoms with Crippen LogP contribution in [0.25, 0.3) is 22.3 Å². The quantitative estimate of drug-likeness (QED) is 0.368. The molecular formula is C26H19FO2. The van der Waals surface area contributed by atoms with Crippen LogP contribution >= 0.6 is 0 Å². The van der Waals surface area contributed by atoms with Gasteiger partial charge in [-0.05, 0) is 46.0 Å². The molecule has 4 aromatic carbocycles. The maximum absolute atomic E-state index is 14.0. The van der Waals surface area contributed by atoms with E-state index in [0.29, 0.717) is 11.1 Å². The van der Waals surface area contributed by atoms with Crippen LogP contribution in [0.5, 0.6) is 0 Å². The van der Waals surface area contributed by atoms with Crippen molar-refractivity contribution in [2.45, 2.75) is 6.61 Å². The minimum absolute atomic E-state index is 0.197. The number of halogens is 1. The van der Waals surface area contributed by atoms with E-state index in [9.17, 15) is 9.18 Å². The highest BCUT2D eigenvalue weighted by atomic mass is 19.1. The van der Waals surface area contributed by atoms with E-state index in [1.165, 1.54) is 12.1 Å². The summed E-state index contributed by atoms with van der Waals surface area (Å²) >= 11 is 0. The Bertz CT molecular complexity index is 1120. The van der Waals surface area contributed by atoms with E-state index in [1.807, 2.05) is 72.8 Å². The lowest BCUT2D eigenvalue weighted by Gasteiger charge is -2.14. The molecule has 3 heteroatoms. The van der Waals surface area contributed by atoms with Crippen LogP contribution in [-0.4, -0.2) is 5.97 Å². The Morgan fingerprint density at radius 1 is 0.690 bits per heavy atom. The summed E-state index contributed by atoms with van der Waals surface area (Å²) in [5.74, 6) is -0.732. The highest BCUT2D eigenvalue weighted by molar-refractivity contribution is 5.99. The molecule has 0 fully saturated rings. The van der Waals surface area contributed by atoms with Crippen LogP contribution < -0.4 is 0 Å². The first kappa shape index (κ1) is 18.6. The second kappa shape index (κ2) is 8.53. The number of rotatable bonds is 5. The van der Waals surface area contributed by atoms with Crippen LogP contribution in [0, 0.1) is 5.82 Å². The normalized spacial score (nSPS) is 10.5. The molecule has 4 aromatic rings. The van der Waals surface area contributed by atoms with Gasteiger partial charge in [0.05, 0.1) is 5.56 Å². The van der Waals surface area contributed by atoms with E-state index in [4.69, 9.17) is 4.74 Å². The Kier molecular flexibility index (Phi) is 5.48. The van der Waals surface area contributed by atoms with Gasteiger partial charge >= 0.3 is 5.97 Å². The minimum Gasteiger partial charge on any atom is -0.457 e. The van der Waals surface area contributed by atoms with Gasteiger partial charge < -0.3 is 4.74 Å². The van der Waals surface area contributed by atoms with Gasteiger partial charge in [0, 0.05) is 0 Å². The molecule has 29 heavy (non-hydrogen) atoms. The van der Waals surface area contributed by atoms with Crippen LogP contribution in [0.3, 0.4) is 0 Å². The summed E-state index contributed by atoms with van der Waals surface area (Å²) in [5, 5.41) is 0. The van der Waals surface area contributed by atoms with Crippen molar-refractivity contribution in [2.24, 2.45) is 0 Å². The lowest BCUT2D eigenvalue weighted by atomic mass is 9.91. The number of benzene rings is 4. The van der Waals surface area contributed by atoms with Gasteiger partial charge in [0.2, 0.25) is 0 Å². The average molecular weight is 382 g/mol. The number of carbonyl (C=O) groups is 1. The molecule has 0 aliphatic rings. The summed E-state index contributed by atoms with van der Waals surface area (Å²) in [4.78, 5) is 12.8. The van der Waals surface area contributed by atoms with Gasteiger partial charge in [-0.3, -0.25) is 0 Å². The van der Waals surface area contributed by atoms with Gasteiger partial charge in [0.1, 0.15) is 12.4 Å². The first-order valence-corrected chi connectivity index (χ1v) is 9.38. The third kappa shape index (κ3) is 4.25. The number of esters is 1. The molecule has 0 unspecified atom stereocenters. The smallest absolute Gasteiger partial charge is 0.339 e. The monoisotopic (exact) mass is 382 g/mol. The maximum atomic E-state index is 14.0. The molecule has 142 valence electrons. The molecule has 0 N–H and O–H groups in total. The third-order valence-electron chi connectivity index (χ3n) is 4.72. The molecule has 2 nitrogen and oxygen atoms in total. The number of hydrogen-bond donors (Lipinski definition) is 0. The molecule has 4 rings (SSSR count). The van der Waals surface area contributed by atoms with Crippen molar-refractivity contribution in [1.82, 2.24) is 0 Å². The van der Waals surface area contributed by atoms with Gasteiger partial charge in [-0.25, -0.2) is 9.18 Å². The lowest BCUT2D eigenvalue weighted by Crippen LogP contribution is -2.07. The standard InChI is InChI=1S/C26H19FO2/c27-21-15-16-23(25(17-21)20-11-5-2-6-12-20)22-13-7-8-14-24(22)26(28)29-18-19-9-3-1-4-10-19/h1-17H,18H2. The van der Waals surface area contributed by atoms with E-state index >= 15 is 0 Å². The Hall–Kier alpha value is -3.72. The predicted octanol–water partition coefficient (Wildman–Crippen LogP) is 6.52. The Labute approximate surface area is 169 Å². The molecule has 0 radical (unpaired) electrons. The van der Waals surface area contributed by atoms with Crippen LogP contribution in [0.4, 0.5) is 4.39 Å². The summed E-state index contributed by atoms with van der Waals surface area (Å²) in [7, 11) is 0. The molecule has 0 atom stereocenters. The summed E-state index contributed by atoms with van der Waals surface area (Å²) in [5.41, 5.74) is 4.48. The van der Waals surface area contributed by atoms with Crippen molar-refractivity contribution in [2.75, 3.05) is 0 Å². The van der Waals surface area contributed by atoms with Crippen LogP contribution in [0.15, 0.2) is 103 Å². The van der Waals surface area contributed by atoms with Gasteiger partial charge in [-0.1, -0.05) is 84.9 Å². The fraction of sp³-hybridized carbons (Fsp3) is 0.0385. The molecule has 0 aromatic heterocycles. The third-order valence-corrected chi connectivity index (χ3v) is 4.72. The molecule has 0 spiro atoms. The highest BCUT2D eigenvalue weighted by Crippen LogP contribution is 2.35. The van der Waals surface area contributed by atoms with Gasteiger partial charge in [-0.15, -0.1) is 0 Å². The fourth-order valence-corrected chi connectivity index (χ4v) is 3.30. The van der Waals surface area contributed by atoms with E-state index in [2.05, 4.69) is 0 Å². The topological polar surface area (TPSA) is 26.3 Å². The van der Waals surface area contributed by atoms with Gasteiger partial charge in [0.25, 0.3) is 0 Å². The summed E-state index contributed by atoms with van der Waals surface area (Å²) in [6.07, 6.45) is 0. The summed E-state index contributed by atoms with van der Waals surface area (Å²) in [6.45, 7) is 0.197. The number of hydrogen-bond acceptors (Lipinski definition) is 2. The Balaban J connectivity index is 1.71. The van der Waals surface area contributed by atoms with Crippen molar-refractivity contribution >= 4 is 5.97 Å². The van der Waals surface area contributed by atoms with E-state index < -0.39 is 5.97 Å². The predicted molar refractivity (Wildman–Crippen MR) is 113 cm³/mol. The van der Waals surface area contributed by atoms with Gasteiger partial charge in [-0.2, -0.15) is 0 Å². The highest BCUT2D eigenvalue weighted by Gasteiger charge is 2.17. The zero-order chi connectivity index (χ0) is 20.1. The second-order valence-corrected chi connectivity index (χ2v) is 6.66. The van der Waals surface area contributed by atoms with Gasteiger partial charge in [0.15, 0.2) is 0 Å². The Morgan fingerprint density at radius 3 is 2.10 bits per heavy atom. The van der Waals surface area contributed by atoms with Crippen LogP contribution in [0.1, 0.15) is 15.9 Å². The van der Waals surface area contributed by atoms with Crippen molar-refractivity contribution in [3.05, 3.63) is 120 Å². The molecule has 0 heterocycles. The zero-order valence-electron chi connectivity index (χ0n) is 15.7.